The summed E-state index contributed by atoms with van der Waals surface area (Å²) < 4.78 is 13.1. The van der Waals surface area contributed by atoms with Crippen molar-refractivity contribution in [1.29, 1.82) is 0 Å². The summed E-state index contributed by atoms with van der Waals surface area (Å²) in [4.78, 5) is 14.5. The monoisotopic (exact) mass is 482 g/mol. The Bertz CT molecular complexity index is 1280. The predicted octanol–water partition coefficient (Wildman–Crippen LogP) is 4.54. The minimum absolute atomic E-state index is 0.240. The number of methoxy groups -OCH3 is 1. The highest BCUT2D eigenvalue weighted by Gasteiger charge is 2.33. The summed E-state index contributed by atoms with van der Waals surface area (Å²) >= 11 is 11.7. The van der Waals surface area contributed by atoms with Gasteiger partial charge >= 0.3 is 0 Å². The van der Waals surface area contributed by atoms with Crippen molar-refractivity contribution in [2.24, 2.45) is 7.05 Å². The van der Waals surface area contributed by atoms with Crippen LogP contribution in [-0.2, 0) is 18.4 Å². The summed E-state index contributed by atoms with van der Waals surface area (Å²) in [6, 6.07) is 11.2. The van der Waals surface area contributed by atoms with Gasteiger partial charge in [0.2, 0.25) is 0 Å². The summed E-state index contributed by atoms with van der Waals surface area (Å²) in [6.07, 6.45) is 3.52. The number of hydrogen-bond acceptors (Lipinski definition) is 5. The van der Waals surface area contributed by atoms with Crippen LogP contribution < -0.4 is 19.7 Å². The van der Waals surface area contributed by atoms with Crippen molar-refractivity contribution in [2.45, 2.75) is 20.5 Å². The van der Waals surface area contributed by atoms with E-state index in [1.165, 1.54) is 4.90 Å². The first-order chi connectivity index (χ1) is 15.8. The molecule has 7 nitrogen and oxygen atoms in total. The lowest BCUT2D eigenvalue weighted by Crippen LogP contribution is -2.30. The smallest absolute Gasteiger partial charge is 0.281 e. The van der Waals surface area contributed by atoms with Crippen LogP contribution in [0.25, 0.3) is 6.08 Å². The molecule has 3 aromatic rings. The van der Waals surface area contributed by atoms with Gasteiger partial charge in [-0.3, -0.25) is 9.48 Å². The topological polar surface area (TPSA) is 68.6 Å². The second-order valence-electron chi connectivity index (χ2n) is 7.70. The number of halogens is 1. The summed E-state index contributed by atoms with van der Waals surface area (Å²) in [5.74, 6) is 1.03. The van der Waals surface area contributed by atoms with E-state index in [0.717, 1.165) is 22.4 Å². The van der Waals surface area contributed by atoms with Crippen molar-refractivity contribution in [1.82, 2.24) is 15.1 Å². The van der Waals surface area contributed by atoms with Gasteiger partial charge in [0, 0.05) is 18.8 Å². The Morgan fingerprint density at radius 3 is 2.61 bits per heavy atom. The standard InChI is InChI=1S/C24H23ClN4O3S/c1-14-5-7-22(18(25)9-14)32-13-17-10-16(6-8-21(17)31-4)11-19-23(30)29(24(33)26-19)20-12-28(3)27-15(20)2/h5-12H,13H2,1-4H3,(H,26,33)/b19-11+. The van der Waals surface area contributed by atoms with E-state index in [1.54, 1.807) is 31.1 Å². The van der Waals surface area contributed by atoms with E-state index >= 15 is 0 Å². The first-order valence-corrected chi connectivity index (χ1v) is 11.0. The molecule has 0 saturated carbocycles. The number of rotatable bonds is 6. The molecule has 1 aliphatic heterocycles. The molecule has 1 amide bonds. The zero-order chi connectivity index (χ0) is 23.7. The molecule has 1 fully saturated rings. The molecule has 0 atom stereocenters. The summed E-state index contributed by atoms with van der Waals surface area (Å²) in [5, 5.41) is 8.17. The molecule has 4 rings (SSSR count). The van der Waals surface area contributed by atoms with Crippen molar-refractivity contribution in [3.05, 3.63) is 75.7 Å². The number of nitrogens with zero attached hydrogens (tertiary/aromatic N) is 3. The van der Waals surface area contributed by atoms with Gasteiger partial charge in [-0.15, -0.1) is 0 Å². The van der Waals surface area contributed by atoms with Crippen LogP contribution in [0, 0.1) is 13.8 Å². The molecule has 0 bridgehead atoms. The van der Waals surface area contributed by atoms with Crippen molar-refractivity contribution in [2.75, 3.05) is 12.0 Å². The molecule has 0 aliphatic carbocycles. The van der Waals surface area contributed by atoms with E-state index in [4.69, 9.17) is 33.3 Å². The zero-order valence-electron chi connectivity index (χ0n) is 18.7. The van der Waals surface area contributed by atoms with Crippen molar-refractivity contribution in [3.63, 3.8) is 0 Å². The fourth-order valence-electron chi connectivity index (χ4n) is 3.61. The fourth-order valence-corrected chi connectivity index (χ4v) is 4.19. The van der Waals surface area contributed by atoms with Crippen LogP contribution in [0.4, 0.5) is 5.69 Å². The second-order valence-corrected chi connectivity index (χ2v) is 8.49. The average Bonchev–Trinajstić information content (AvgIpc) is 3.23. The first kappa shape index (κ1) is 22.8. The number of hydrogen-bond donors (Lipinski definition) is 1. The van der Waals surface area contributed by atoms with Gasteiger partial charge < -0.3 is 14.8 Å². The number of aryl methyl sites for hydroxylation is 3. The van der Waals surface area contributed by atoms with Crippen LogP contribution in [0.15, 0.2) is 48.3 Å². The van der Waals surface area contributed by atoms with Gasteiger partial charge in [-0.2, -0.15) is 5.10 Å². The van der Waals surface area contributed by atoms with Gasteiger partial charge in [0.25, 0.3) is 5.91 Å². The maximum atomic E-state index is 13.1. The molecule has 1 aromatic heterocycles. The Balaban J connectivity index is 1.58. The molecule has 1 N–H and O–H groups in total. The minimum atomic E-state index is -0.240. The van der Waals surface area contributed by atoms with Gasteiger partial charge in [0.05, 0.1) is 23.5 Å². The molecule has 0 radical (unpaired) electrons. The third-order valence-corrected chi connectivity index (χ3v) is 5.77. The molecule has 33 heavy (non-hydrogen) atoms. The molecule has 170 valence electrons. The van der Waals surface area contributed by atoms with E-state index in [9.17, 15) is 4.79 Å². The van der Waals surface area contributed by atoms with Crippen molar-refractivity contribution >= 4 is 46.6 Å². The lowest BCUT2D eigenvalue weighted by Gasteiger charge is -2.13. The molecule has 0 spiro atoms. The highest BCUT2D eigenvalue weighted by atomic mass is 35.5. The Morgan fingerprint density at radius 2 is 1.94 bits per heavy atom. The largest absolute Gasteiger partial charge is 0.496 e. The van der Waals surface area contributed by atoms with Crippen LogP contribution in [-0.4, -0.2) is 27.9 Å². The van der Waals surface area contributed by atoms with Crippen LogP contribution in [0.3, 0.4) is 0 Å². The number of carbonyl (C=O) groups is 1. The van der Waals surface area contributed by atoms with Crippen molar-refractivity contribution in [3.8, 4) is 11.5 Å². The molecule has 1 aliphatic rings. The van der Waals surface area contributed by atoms with Crippen molar-refractivity contribution < 1.29 is 14.3 Å². The highest BCUT2D eigenvalue weighted by Crippen LogP contribution is 2.29. The zero-order valence-corrected chi connectivity index (χ0v) is 20.3. The number of benzene rings is 2. The highest BCUT2D eigenvalue weighted by molar-refractivity contribution is 7.80. The van der Waals surface area contributed by atoms with Crippen LogP contribution >= 0.6 is 23.8 Å². The van der Waals surface area contributed by atoms with Gasteiger partial charge in [-0.25, -0.2) is 4.90 Å². The first-order valence-electron chi connectivity index (χ1n) is 10.2. The fraction of sp³-hybridized carbons (Fsp3) is 0.208. The number of thiocarbonyl (C=S) groups is 1. The average molecular weight is 483 g/mol. The third kappa shape index (κ3) is 4.72. The number of nitrogens with one attached hydrogen (secondary N) is 1. The number of carbonyl (C=O) groups excluding carboxylic acids is 1. The summed E-state index contributed by atoms with van der Waals surface area (Å²) in [5.41, 5.74) is 4.42. The Morgan fingerprint density at radius 1 is 1.18 bits per heavy atom. The summed E-state index contributed by atoms with van der Waals surface area (Å²) in [7, 11) is 3.40. The maximum Gasteiger partial charge on any atom is 0.281 e. The van der Waals surface area contributed by atoms with E-state index < -0.39 is 0 Å². The molecule has 9 heteroatoms. The van der Waals surface area contributed by atoms with Crippen LogP contribution in [0.5, 0.6) is 11.5 Å². The lowest BCUT2D eigenvalue weighted by molar-refractivity contribution is -0.113. The molecular weight excluding hydrogens is 460 g/mol. The van der Waals surface area contributed by atoms with Gasteiger partial charge in [0.1, 0.15) is 23.8 Å². The van der Waals surface area contributed by atoms with Gasteiger partial charge in [-0.05, 0) is 67.5 Å². The molecular formula is C24H23ClN4O3S. The minimum Gasteiger partial charge on any atom is -0.496 e. The van der Waals surface area contributed by atoms with E-state index in [2.05, 4.69) is 10.4 Å². The van der Waals surface area contributed by atoms with Gasteiger partial charge in [-0.1, -0.05) is 23.7 Å². The van der Waals surface area contributed by atoms with Gasteiger partial charge in [0.15, 0.2) is 5.11 Å². The number of ether oxygens (including phenoxy) is 2. The molecule has 0 unspecified atom stereocenters. The third-order valence-electron chi connectivity index (χ3n) is 5.19. The molecule has 2 aromatic carbocycles. The number of anilines is 1. The predicted molar refractivity (Wildman–Crippen MR) is 133 cm³/mol. The Kier molecular flexibility index (Phi) is 6.40. The lowest BCUT2D eigenvalue weighted by atomic mass is 10.1. The molecule has 1 saturated heterocycles. The maximum absolute atomic E-state index is 13.1. The second kappa shape index (κ2) is 9.25. The Hall–Kier alpha value is -3.36. The normalized spacial score (nSPS) is 14.7. The SMILES string of the molecule is COc1ccc(/C=C2/NC(=S)N(c3cn(C)nc3C)C2=O)cc1COc1ccc(C)cc1Cl. The summed E-state index contributed by atoms with van der Waals surface area (Å²) in [6.45, 7) is 4.06. The van der Waals surface area contributed by atoms with Crippen LogP contribution in [0.2, 0.25) is 5.02 Å². The van der Waals surface area contributed by atoms with Crippen LogP contribution in [0.1, 0.15) is 22.4 Å². The number of amides is 1. The van der Waals surface area contributed by atoms with E-state index in [0.29, 0.717) is 33.0 Å². The quantitative estimate of drug-likeness (QED) is 0.411. The molecule has 2 heterocycles. The van der Waals surface area contributed by atoms with E-state index in [-0.39, 0.29) is 12.5 Å². The Labute approximate surface area is 202 Å². The van der Waals surface area contributed by atoms with E-state index in [1.807, 2.05) is 50.2 Å². The number of aromatic nitrogens is 2.